The van der Waals surface area contributed by atoms with Gasteiger partial charge in [-0.25, -0.2) is 0 Å². The summed E-state index contributed by atoms with van der Waals surface area (Å²) in [4.78, 5) is 13.7. The van der Waals surface area contributed by atoms with Gasteiger partial charge in [-0.3, -0.25) is 4.79 Å². The summed E-state index contributed by atoms with van der Waals surface area (Å²) < 4.78 is 5.94. The van der Waals surface area contributed by atoms with Gasteiger partial charge in [0.1, 0.15) is 12.4 Å². The van der Waals surface area contributed by atoms with Crippen molar-refractivity contribution in [1.29, 1.82) is 0 Å². The Morgan fingerprint density at radius 3 is 2.58 bits per heavy atom. The lowest BCUT2D eigenvalue weighted by atomic mass is 10.0. The van der Waals surface area contributed by atoms with Crippen molar-refractivity contribution in [3.8, 4) is 5.75 Å². The summed E-state index contributed by atoms with van der Waals surface area (Å²) in [6.45, 7) is -0.0275. The molecule has 0 aromatic heterocycles. The molecule has 1 unspecified atom stereocenters. The Hall–Kier alpha value is -2.85. The number of hydrogen-bond acceptors (Lipinski definition) is 3. The number of carbonyl (C=O) groups is 1. The molecule has 120 valence electrons. The van der Waals surface area contributed by atoms with Crippen molar-refractivity contribution in [2.45, 2.75) is 5.72 Å². The van der Waals surface area contributed by atoms with Crippen LogP contribution in [0.25, 0.3) is 10.8 Å². The van der Waals surface area contributed by atoms with Gasteiger partial charge in [-0.2, -0.15) is 0 Å². The molecule has 4 nitrogen and oxygen atoms in total. The summed E-state index contributed by atoms with van der Waals surface area (Å²) in [5.74, 6) is 0.487. The lowest BCUT2D eigenvalue weighted by Gasteiger charge is -2.31. The molecule has 3 aromatic rings. The Morgan fingerprint density at radius 2 is 1.71 bits per heavy atom. The molecule has 1 atom stereocenters. The smallest absolute Gasteiger partial charge is 0.256 e. The number of fused-ring (bicyclic) bond motifs is 2. The van der Waals surface area contributed by atoms with Crippen LogP contribution in [0.2, 0.25) is 0 Å². The zero-order valence-electron chi connectivity index (χ0n) is 13.3. The van der Waals surface area contributed by atoms with E-state index in [1.807, 2.05) is 48.5 Å². The fourth-order valence-electron chi connectivity index (χ4n) is 3.22. The van der Waals surface area contributed by atoms with E-state index in [1.54, 1.807) is 25.2 Å². The van der Waals surface area contributed by atoms with Crippen LogP contribution in [-0.4, -0.2) is 29.6 Å². The number of amides is 1. The van der Waals surface area contributed by atoms with Gasteiger partial charge < -0.3 is 14.7 Å². The third-order valence-corrected chi connectivity index (χ3v) is 4.63. The third-order valence-electron chi connectivity index (χ3n) is 4.63. The van der Waals surface area contributed by atoms with E-state index in [1.165, 1.54) is 4.90 Å². The molecule has 0 aliphatic carbocycles. The highest BCUT2D eigenvalue weighted by atomic mass is 16.5. The lowest BCUT2D eigenvalue weighted by Crippen LogP contribution is -2.45. The second-order valence-electron chi connectivity index (χ2n) is 5.99. The van der Waals surface area contributed by atoms with Gasteiger partial charge in [-0.05, 0) is 17.5 Å². The van der Waals surface area contributed by atoms with Gasteiger partial charge in [0.15, 0.2) is 0 Å². The van der Waals surface area contributed by atoms with Crippen LogP contribution in [0, 0.1) is 0 Å². The van der Waals surface area contributed by atoms with Gasteiger partial charge in [0.25, 0.3) is 5.91 Å². The monoisotopic (exact) mass is 319 g/mol. The van der Waals surface area contributed by atoms with Gasteiger partial charge in [0.05, 0.1) is 0 Å². The number of rotatable bonds is 3. The highest BCUT2D eigenvalue weighted by molar-refractivity contribution is 5.99. The fourth-order valence-corrected chi connectivity index (χ4v) is 3.22. The lowest BCUT2D eigenvalue weighted by molar-refractivity contribution is -0.1000. The molecule has 24 heavy (non-hydrogen) atoms. The average Bonchev–Trinajstić information content (AvgIpc) is 2.82. The maximum Gasteiger partial charge on any atom is 0.256 e. The predicted octanol–water partition coefficient (Wildman–Crippen LogP) is 3.15. The molecule has 0 saturated heterocycles. The van der Waals surface area contributed by atoms with Crippen LogP contribution in [0.15, 0.2) is 66.7 Å². The summed E-state index contributed by atoms with van der Waals surface area (Å²) in [5.41, 5.74) is -0.369. The molecule has 1 aliphatic heterocycles. The normalized spacial score (nSPS) is 19.6. The number of carbonyl (C=O) groups excluding carboxylic acids is 1. The van der Waals surface area contributed by atoms with Gasteiger partial charge in [-0.15, -0.1) is 0 Å². The Bertz CT molecular complexity index is 932. The average molecular weight is 319 g/mol. The van der Waals surface area contributed by atoms with Gasteiger partial charge in [-0.1, -0.05) is 54.6 Å². The summed E-state index contributed by atoms with van der Waals surface area (Å²) in [6, 6.07) is 20.8. The Balaban J connectivity index is 1.69. The molecule has 0 radical (unpaired) electrons. The second kappa shape index (κ2) is 5.35. The van der Waals surface area contributed by atoms with E-state index in [4.69, 9.17) is 4.74 Å². The van der Waals surface area contributed by atoms with Crippen molar-refractivity contribution >= 4 is 16.7 Å². The highest BCUT2D eigenvalue weighted by Crippen LogP contribution is 2.37. The molecule has 3 aromatic carbocycles. The Kier molecular flexibility index (Phi) is 3.28. The quantitative estimate of drug-likeness (QED) is 0.807. The molecule has 4 heteroatoms. The second-order valence-corrected chi connectivity index (χ2v) is 5.99. The summed E-state index contributed by atoms with van der Waals surface area (Å²) in [5, 5.41) is 13.1. The number of nitrogens with zero attached hydrogens (tertiary/aromatic N) is 1. The molecule has 1 amide bonds. The minimum atomic E-state index is -1.47. The Morgan fingerprint density at radius 1 is 1.00 bits per heavy atom. The van der Waals surface area contributed by atoms with Crippen LogP contribution in [0.5, 0.6) is 5.75 Å². The van der Waals surface area contributed by atoms with Gasteiger partial charge in [0.2, 0.25) is 5.72 Å². The van der Waals surface area contributed by atoms with E-state index in [-0.39, 0.29) is 12.5 Å². The van der Waals surface area contributed by atoms with E-state index in [0.29, 0.717) is 16.9 Å². The van der Waals surface area contributed by atoms with Crippen molar-refractivity contribution in [3.05, 3.63) is 77.9 Å². The number of ether oxygens (including phenoxy) is 1. The van der Waals surface area contributed by atoms with Crippen LogP contribution in [-0.2, 0) is 5.72 Å². The molecule has 1 N–H and O–H groups in total. The minimum Gasteiger partial charge on any atom is -0.488 e. The van der Waals surface area contributed by atoms with Crippen LogP contribution >= 0.6 is 0 Å². The SMILES string of the molecule is CN1C(=O)c2ccccc2C1(O)COc1cccc2ccccc12. The number of likely N-dealkylation sites (N-methyl/N-ethyl adjacent to an activating group) is 1. The van der Waals surface area contributed by atoms with Crippen molar-refractivity contribution in [3.63, 3.8) is 0 Å². The fraction of sp³-hybridized carbons (Fsp3) is 0.150. The first-order valence-corrected chi connectivity index (χ1v) is 7.82. The third kappa shape index (κ3) is 2.07. The molecule has 0 spiro atoms. The molecule has 0 saturated carbocycles. The van der Waals surface area contributed by atoms with Crippen LogP contribution < -0.4 is 4.74 Å². The number of aliphatic hydroxyl groups is 1. The van der Waals surface area contributed by atoms with Gasteiger partial charge >= 0.3 is 0 Å². The van der Waals surface area contributed by atoms with Crippen molar-refractivity contribution in [2.24, 2.45) is 0 Å². The summed E-state index contributed by atoms with van der Waals surface area (Å²) in [7, 11) is 1.59. The zero-order chi connectivity index (χ0) is 16.7. The Labute approximate surface area is 139 Å². The maximum absolute atomic E-state index is 12.3. The van der Waals surface area contributed by atoms with Crippen molar-refractivity contribution in [1.82, 2.24) is 4.90 Å². The molecule has 1 heterocycles. The van der Waals surface area contributed by atoms with E-state index in [2.05, 4.69) is 0 Å². The maximum atomic E-state index is 12.3. The minimum absolute atomic E-state index is 0.0275. The standard InChI is InChI=1S/C20H17NO3/c1-21-19(22)16-10-4-5-11-17(16)20(21,23)13-24-18-12-6-8-14-7-2-3-9-15(14)18/h2-12,23H,13H2,1H3. The zero-order valence-corrected chi connectivity index (χ0v) is 13.3. The van der Waals surface area contributed by atoms with Crippen LogP contribution in [0.1, 0.15) is 15.9 Å². The van der Waals surface area contributed by atoms with Gasteiger partial charge in [0, 0.05) is 23.6 Å². The topological polar surface area (TPSA) is 49.8 Å². The molecular formula is C20H17NO3. The first kappa shape index (κ1) is 14.7. The molecular weight excluding hydrogens is 302 g/mol. The van der Waals surface area contributed by atoms with Crippen LogP contribution in [0.4, 0.5) is 0 Å². The molecule has 4 rings (SSSR count). The van der Waals surface area contributed by atoms with E-state index in [0.717, 1.165) is 10.8 Å². The predicted molar refractivity (Wildman–Crippen MR) is 91.9 cm³/mol. The first-order valence-electron chi connectivity index (χ1n) is 7.82. The summed E-state index contributed by atoms with van der Waals surface area (Å²) >= 11 is 0. The molecule has 1 aliphatic rings. The van der Waals surface area contributed by atoms with E-state index in [9.17, 15) is 9.90 Å². The summed E-state index contributed by atoms with van der Waals surface area (Å²) in [6.07, 6.45) is 0. The molecule has 0 fully saturated rings. The first-order chi connectivity index (χ1) is 11.6. The van der Waals surface area contributed by atoms with E-state index < -0.39 is 5.72 Å². The van der Waals surface area contributed by atoms with Crippen molar-refractivity contribution in [2.75, 3.05) is 13.7 Å². The van der Waals surface area contributed by atoms with Crippen molar-refractivity contribution < 1.29 is 14.6 Å². The van der Waals surface area contributed by atoms with E-state index >= 15 is 0 Å². The number of hydrogen-bond donors (Lipinski definition) is 1. The molecule has 0 bridgehead atoms. The largest absolute Gasteiger partial charge is 0.488 e. The highest BCUT2D eigenvalue weighted by Gasteiger charge is 2.47. The number of benzene rings is 3. The van der Waals surface area contributed by atoms with Crippen LogP contribution in [0.3, 0.4) is 0 Å².